The molecule has 6 heteroatoms. The SMILES string of the molecule is O=C(NCCO)[C@@H]1CCC(=O)N(Cc2ccccc2F)C1. The molecular weight excluding hydrogens is 275 g/mol. The number of nitrogens with zero attached hydrogens (tertiary/aromatic N) is 1. The van der Waals surface area contributed by atoms with Gasteiger partial charge < -0.3 is 15.3 Å². The number of nitrogens with one attached hydrogen (secondary N) is 1. The second kappa shape index (κ2) is 7.17. The van der Waals surface area contributed by atoms with Crippen molar-refractivity contribution in [3.63, 3.8) is 0 Å². The number of carbonyl (C=O) groups is 2. The first-order valence-corrected chi connectivity index (χ1v) is 7.01. The van der Waals surface area contributed by atoms with Gasteiger partial charge in [0.25, 0.3) is 0 Å². The quantitative estimate of drug-likeness (QED) is 0.839. The molecule has 1 heterocycles. The van der Waals surface area contributed by atoms with Gasteiger partial charge in [-0.25, -0.2) is 4.39 Å². The van der Waals surface area contributed by atoms with Crippen LogP contribution in [0.3, 0.4) is 0 Å². The molecule has 0 aliphatic carbocycles. The molecule has 0 spiro atoms. The van der Waals surface area contributed by atoms with Crippen molar-refractivity contribution in [2.24, 2.45) is 5.92 Å². The molecule has 1 saturated heterocycles. The molecule has 1 aliphatic rings. The van der Waals surface area contributed by atoms with Crippen molar-refractivity contribution >= 4 is 11.8 Å². The Morgan fingerprint density at radius 3 is 2.90 bits per heavy atom. The van der Waals surface area contributed by atoms with Crippen molar-refractivity contribution in [3.8, 4) is 0 Å². The minimum Gasteiger partial charge on any atom is -0.395 e. The summed E-state index contributed by atoms with van der Waals surface area (Å²) in [6, 6.07) is 6.31. The predicted octanol–water partition coefficient (Wildman–Crippen LogP) is 0.673. The fraction of sp³-hybridized carbons (Fsp3) is 0.467. The second-order valence-corrected chi connectivity index (χ2v) is 5.12. The van der Waals surface area contributed by atoms with Crippen LogP contribution in [0.25, 0.3) is 0 Å². The third-order valence-electron chi connectivity index (χ3n) is 3.60. The fourth-order valence-electron chi connectivity index (χ4n) is 2.44. The van der Waals surface area contributed by atoms with Crippen molar-refractivity contribution in [2.75, 3.05) is 19.7 Å². The summed E-state index contributed by atoms with van der Waals surface area (Å²) >= 11 is 0. The first-order valence-electron chi connectivity index (χ1n) is 7.01. The minimum atomic E-state index is -0.350. The van der Waals surface area contributed by atoms with E-state index in [1.54, 1.807) is 18.2 Å². The standard InChI is InChI=1S/C15H19FN2O3/c16-13-4-2-1-3-11(13)9-18-10-12(5-6-14(18)20)15(21)17-7-8-19/h1-4,12,19H,5-10H2,(H,17,21)/t12-/m1/s1. The zero-order chi connectivity index (χ0) is 15.2. The molecule has 1 aliphatic heterocycles. The Kier molecular flexibility index (Phi) is 5.27. The maximum absolute atomic E-state index is 13.6. The molecule has 0 unspecified atom stereocenters. The summed E-state index contributed by atoms with van der Waals surface area (Å²) in [4.78, 5) is 25.3. The highest BCUT2D eigenvalue weighted by molar-refractivity contribution is 5.83. The zero-order valence-corrected chi connectivity index (χ0v) is 11.7. The van der Waals surface area contributed by atoms with Gasteiger partial charge >= 0.3 is 0 Å². The Morgan fingerprint density at radius 1 is 1.43 bits per heavy atom. The average Bonchev–Trinajstić information content (AvgIpc) is 2.49. The summed E-state index contributed by atoms with van der Waals surface area (Å²) in [6.45, 7) is 0.548. The van der Waals surface area contributed by atoms with Crippen molar-refractivity contribution < 1.29 is 19.1 Å². The lowest BCUT2D eigenvalue weighted by atomic mass is 9.96. The lowest BCUT2D eigenvalue weighted by molar-refractivity contribution is -0.139. The summed E-state index contributed by atoms with van der Waals surface area (Å²) in [7, 11) is 0. The van der Waals surface area contributed by atoms with Gasteiger partial charge in [-0.3, -0.25) is 9.59 Å². The molecular formula is C15H19FN2O3. The predicted molar refractivity (Wildman–Crippen MR) is 74.6 cm³/mol. The van der Waals surface area contributed by atoms with E-state index < -0.39 is 0 Å². The molecule has 21 heavy (non-hydrogen) atoms. The molecule has 114 valence electrons. The van der Waals surface area contributed by atoms with E-state index in [1.807, 2.05) is 0 Å². The van der Waals surface area contributed by atoms with Crippen LogP contribution < -0.4 is 5.32 Å². The summed E-state index contributed by atoms with van der Waals surface area (Å²) in [6.07, 6.45) is 0.773. The highest BCUT2D eigenvalue weighted by atomic mass is 19.1. The molecule has 5 nitrogen and oxygen atoms in total. The van der Waals surface area contributed by atoms with Crippen LogP contribution in [0.1, 0.15) is 18.4 Å². The first kappa shape index (κ1) is 15.4. The maximum Gasteiger partial charge on any atom is 0.224 e. The lowest BCUT2D eigenvalue weighted by Gasteiger charge is -2.32. The molecule has 2 N–H and O–H groups in total. The Bertz CT molecular complexity index is 521. The fourth-order valence-corrected chi connectivity index (χ4v) is 2.44. The molecule has 0 saturated carbocycles. The van der Waals surface area contributed by atoms with Crippen LogP contribution in [0.4, 0.5) is 4.39 Å². The van der Waals surface area contributed by atoms with Gasteiger partial charge in [-0.05, 0) is 12.5 Å². The van der Waals surface area contributed by atoms with Gasteiger partial charge in [0.05, 0.1) is 12.5 Å². The topological polar surface area (TPSA) is 69.6 Å². The van der Waals surface area contributed by atoms with Gasteiger partial charge in [0.15, 0.2) is 0 Å². The van der Waals surface area contributed by atoms with Gasteiger partial charge in [-0.2, -0.15) is 0 Å². The molecule has 1 atom stereocenters. The van der Waals surface area contributed by atoms with Crippen LogP contribution in [0.2, 0.25) is 0 Å². The monoisotopic (exact) mass is 294 g/mol. The third-order valence-corrected chi connectivity index (χ3v) is 3.60. The maximum atomic E-state index is 13.6. The van der Waals surface area contributed by atoms with E-state index in [4.69, 9.17) is 5.11 Å². The molecule has 0 bridgehead atoms. The van der Waals surface area contributed by atoms with Crippen molar-refractivity contribution in [1.29, 1.82) is 0 Å². The van der Waals surface area contributed by atoms with Crippen molar-refractivity contribution in [2.45, 2.75) is 19.4 Å². The van der Waals surface area contributed by atoms with Gasteiger partial charge in [0, 0.05) is 31.6 Å². The molecule has 1 aromatic rings. The highest BCUT2D eigenvalue weighted by Crippen LogP contribution is 2.20. The van der Waals surface area contributed by atoms with E-state index in [9.17, 15) is 14.0 Å². The number of aliphatic hydroxyl groups is 1. The number of halogens is 1. The lowest BCUT2D eigenvalue weighted by Crippen LogP contribution is -2.45. The Hall–Kier alpha value is -1.95. The smallest absolute Gasteiger partial charge is 0.224 e. The van der Waals surface area contributed by atoms with Crippen LogP contribution in [0.15, 0.2) is 24.3 Å². The Morgan fingerprint density at radius 2 is 2.19 bits per heavy atom. The molecule has 1 fully saturated rings. The van der Waals surface area contributed by atoms with Gasteiger partial charge in [0.1, 0.15) is 5.82 Å². The summed E-state index contributed by atoms with van der Waals surface area (Å²) in [5, 5.41) is 11.3. The third kappa shape index (κ3) is 4.01. The molecule has 0 aromatic heterocycles. The van der Waals surface area contributed by atoms with Crippen LogP contribution in [-0.2, 0) is 16.1 Å². The van der Waals surface area contributed by atoms with Crippen molar-refractivity contribution in [1.82, 2.24) is 10.2 Å². The number of aliphatic hydroxyl groups excluding tert-OH is 1. The number of likely N-dealkylation sites (tertiary alicyclic amines) is 1. The van der Waals surface area contributed by atoms with E-state index >= 15 is 0 Å². The van der Waals surface area contributed by atoms with Crippen LogP contribution in [0, 0.1) is 11.7 Å². The van der Waals surface area contributed by atoms with E-state index in [0.717, 1.165) is 0 Å². The number of rotatable bonds is 5. The van der Waals surface area contributed by atoms with E-state index in [0.29, 0.717) is 12.0 Å². The molecule has 0 radical (unpaired) electrons. The summed E-state index contributed by atoms with van der Waals surface area (Å²) < 4.78 is 13.6. The minimum absolute atomic E-state index is 0.0653. The highest BCUT2D eigenvalue weighted by Gasteiger charge is 2.30. The summed E-state index contributed by atoms with van der Waals surface area (Å²) in [5.74, 6) is -0.891. The number of carbonyl (C=O) groups excluding carboxylic acids is 2. The largest absolute Gasteiger partial charge is 0.395 e. The number of benzene rings is 1. The van der Waals surface area contributed by atoms with Gasteiger partial charge in [0.2, 0.25) is 11.8 Å². The first-order chi connectivity index (χ1) is 10.1. The van der Waals surface area contributed by atoms with E-state index in [-0.39, 0.29) is 56.2 Å². The molecule has 2 rings (SSSR count). The van der Waals surface area contributed by atoms with Gasteiger partial charge in [-0.1, -0.05) is 18.2 Å². The summed E-state index contributed by atoms with van der Waals surface area (Å²) in [5.41, 5.74) is 0.447. The van der Waals surface area contributed by atoms with E-state index in [2.05, 4.69) is 5.32 Å². The number of piperidine rings is 1. The van der Waals surface area contributed by atoms with Crippen LogP contribution >= 0.6 is 0 Å². The molecule has 2 amide bonds. The van der Waals surface area contributed by atoms with E-state index in [1.165, 1.54) is 11.0 Å². The number of amides is 2. The normalized spacial score (nSPS) is 18.7. The number of hydrogen-bond donors (Lipinski definition) is 2. The van der Waals surface area contributed by atoms with Crippen molar-refractivity contribution in [3.05, 3.63) is 35.6 Å². The second-order valence-electron chi connectivity index (χ2n) is 5.12. The number of hydrogen-bond acceptors (Lipinski definition) is 3. The van der Waals surface area contributed by atoms with Crippen LogP contribution in [0.5, 0.6) is 0 Å². The van der Waals surface area contributed by atoms with Crippen LogP contribution in [-0.4, -0.2) is 41.5 Å². The Balaban J connectivity index is 2.00. The Labute approximate surface area is 122 Å². The average molecular weight is 294 g/mol. The van der Waals surface area contributed by atoms with Gasteiger partial charge in [-0.15, -0.1) is 0 Å². The zero-order valence-electron chi connectivity index (χ0n) is 11.7. The molecule has 1 aromatic carbocycles.